The number of amides is 2. The molecule has 0 unspecified atom stereocenters. The van der Waals surface area contributed by atoms with Crippen molar-refractivity contribution in [1.82, 2.24) is 15.2 Å². The Morgan fingerprint density at radius 2 is 2.00 bits per heavy atom. The number of anilines is 1. The number of pyridine rings is 1. The molecular formula is C24H24N4O2S. The van der Waals surface area contributed by atoms with Crippen LogP contribution in [0.2, 0.25) is 0 Å². The lowest BCUT2D eigenvalue weighted by Crippen LogP contribution is -2.45. The van der Waals surface area contributed by atoms with Crippen molar-refractivity contribution in [2.75, 3.05) is 18.0 Å². The van der Waals surface area contributed by atoms with Gasteiger partial charge < -0.3 is 10.2 Å². The topological polar surface area (TPSA) is 65.5 Å². The molecule has 0 radical (unpaired) electrons. The van der Waals surface area contributed by atoms with Gasteiger partial charge >= 0.3 is 0 Å². The van der Waals surface area contributed by atoms with Gasteiger partial charge in [0.2, 0.25) is 0 Å². The Hall–Kier alpha value is -3.03. The number of carbonyl (C=O) groups is 2. The summed E-state index contributed by atoms with van der Waals surface area (Å²) in [6.45, 7) is 2.03. The lowest BCUT2D eigenvalue weighted by Gasteiger charge is -2.29. The summed E-state index contributed by atoms with van der Waals surface area (Å²) >= 11 is 1.46. The van der Waals surface area contributed by atoms with Gasteiger partial charge in [0, 0.05) is 49.8 Å². The van der Waals surface area contributed by atoms with E-state index in [0.717, 1.165) is 35.5 Å². The molecule has 0 aliphatic carbocycles. The fourth-order valence-corrected chi connectivity index (χ4v) is 5.28. The molecule has 0 bridgehead atoms. The standard InChI is InChI=1S/C24H24N4O2S/c29-23(22-8-4-12-31-22)26-14-19-9-10-20-16-28(24(30)17-6-3-11-25-13-17)21-7-2-1-5-18(21)15-27(19)20/h1-8,11-13,19-20H,9-10,14-16H2,(H,26,29)/t19-,20+/m1/s1. The molecule has 6 nitrogen and oxygen atoms in total. The van der Waals surface area contributed by atoms with Crippen LogP contribution in [0.1, 0.15) is 38.4 Å². The quantitative estimate of drug-likeness (QED) is 0.685. The van der Waals surface area contributed by atoms with Crippen molar-refractivity contribution < 1.29 is 9.59 Å². The number of thiophene rings is 1. The largest absolute Gasteiger partial charge is 0.350 e. The second-order valence-corrected chi connectivity index (χ2v) is 8.98. The summed E-state index contributed by atoms with van der Waals surface area (Å²) in [5, 5.41) is 5.02. The number of nitrogens with one attached hydrogen (secondary N) is 1. The van der Waals surface area contributed by atoms with E-state index >= 15 is 0 Å². The summed E-state index contributed by atoms with van der Waals surface area (Å²) in [4.78, 5) is 35.0. The highest BCUT2D eigenvalue weighted by Crippen LogP contribution is 2.35. The summed E-state index contributed by atoms with van der Waals surface area (Å²) in [5.41, 5.74) is 2.70. The Morgan fingerprint density at radius 1 is 1.10 bits per heavy atom. The molecule has 2 aromatic heterocycles. The molecule has 1 saturated heterocycles. The van der Waals surface area contributed by atoms with E-state index in [-0.39, 0.29) is 23.9 Å². The van der Waals surface area contributed by atoms with E-state index in [4.69, 9.17) is 0 Å². The predicted molar refractivity (Wildman–Crippen MR) is 121 cm³/mol. The first-order valence-electron chi connectivity index (χ1n) is 10.6. The third kappa shape index (κ3) is 3.98. The maximum absolute atomic E-state index is 13.3. The molecule has 158 valence electrons. The van der Waals surface area contributed by atoms with Crippen LogP contribution >= 0.6 is 11.3 Å². The lowest BCUT2D eigenvalue weighted by atomic mass is 10.1. The zero-order valence-corrected chi connectivity index (χ0v) is 17.9. The van der Waals surface area contributed by atoms with Crippen molar-refractivity contribution >= 4 is 28.8 Å². The third-order valence-corrected chi connectivity index (χ3v) is 7.07. The zero-order chi connectivity index (χ0) is 21.2. The van der Waals surface area contributed by atoms with Gasteiger partial charge in [-0.15, -0.1) is 11.3 Å². The van der Waals surface area contributed by atoms with Gasteiger partial charge in [-0.05, 0) is 48.1 Å². The summed E-state index contributed by atoms with van der Waals surface area (Å²) in [6, 6.07) is 16.0. The predicted octanol–water partition coefficient (Wildman–Crippen LogP) is 3.57. The van der Waals surface area contributed by atoms with Crippen molar-refractivity contribution in [3.05, 3.63) is 82.3 Å². The number of para-hydroxylation sites is 1. The molecule has 2 amide bonds. The minimum atomic E-state index is -0.0168. The van der Waals surface area contributed by atoms with Crippen LogP contribution < -0.4 is 10.2 Å². The number of rotatable bonds is 4. The van der Waals surface area contributed by atoms with Crippen LogP contribution in [0.15, 0.2) is 66.3 Å². The van der Waals surface area contributed by atoms with E-state index in [9.17, 15) is 9.59 Å². The SMILES string of the molecule is O=C(NC[C@H]1CC[C@H]2CN(C(=O)c3cccnc3)c3ccccc3CN12)c1cccs1. The Kier molecular flexibility index (Phi) is 5.53. The van der Waals surface area contributed by atoms with Gasteiger partial charge in [0.1, 0.15) is 0 Å². The van der Waals surface area contributed by atoms with Gasteiger partial charge in [0.05, 0.1) is 10.4 Å². The van der Waals surface area contributed by atoms with Gasteiger partial charge in [-0.25, -0.2) is 0 Å². The Labute approximate surface area is 185 Å². The molecule has 2 aliphatic heterocycles. The monoisotopic (exact) mass is 432 g/mol. The molecule has 0 saturated carbocycles. The number of hydrogen-bond donors (Lipinski definition) is 1. The van der Waals surface area contributed by atoms with Gasteiger partial charge in [-0.2, -0.15) is 0 Å². The first-order chi connectivity index (χ1) is 15.2. The minimum Gasteiger partial charge on any atom is -0.350 e. The molecule has 31 heavy (non-hydrogen) atoms. The molecule has 1 fully saturated rings. The van der Waals surface area contributed by atoms with Crippen LogP contribution in [-0.4, -0.2) is 46.9 Å². The van der Waals surface area contributed by atoms with Crippen molar-refractivity contribution in [2.45, 2.75) is 31.5 Å². The first-order valence-corrected chi connectivity index (χ1v) is 11.5. The van der Waals surface area contributed by atoms with Gasteiger partial charge in [-0.3, -0.25) is 19.5 Å². The van der Waals surface area contributed by atoms with Crippen molar-refractivity contribution in [1.29, 1.82) is 0 Å². The number of carbonyl (C=O) groups excluding carboxylic acids is 2. The highest BCUT2D eigenvalue weighted by Gasteiger charge is 2.39. The third-order valence-electron chi connectivity index (χ3n) is 6.20. The van der Waals surface area contributed by atoms with Gasteiger partial charge in [0.25, 0.3) is 11.8 Å². The van der Waals surface area contributed by atoms with Crippen molar-refractivity contribution in [2.24, 2.45) is 0 Å². The number of hydrogen-bond acceptors (Lipinski definition) is 5. The lowest BCUT2D eigenvalue weighted by molar-refractivity contribution is 0.0938. The Bertz CT molecular complexity index is 1070. The fraction of sp³-hybridized carbons (Fsp3) is 0.292. The molecule has 1 aromatic carbocycles. The second kappa shape index (κ2) is 8.61. The van der Waals surface area contributed by atoms with Crippen LogP contribution in [0.4, 0.5) is 5.69 Å². The number of benzene rings is 1. The first kappa shape index (κ1) is 19.9. The van der Waals surface area contributed by atoms with E-state index < -0.39 is 0 Å². The van der Waals surface area contributed by atoms with Crippen molar-refractivity contribution in [3.63, 3.8) is 0 Å². The molecule has 2 atom stereocenters. The van der Waals surface area contributed by atoms with E-state index in [1.807, 2.05) is 46.7 Å². The highest BCUT2D eigenvalue weighted by molar-refractivity contribution is 7.12. The number of nitrogens with zero attached hydrogens (tertiary/aromatic N) is 3. The summed E-state index contributed by atoms with van der Waals surface area (Å²) in [6.07, 6.45) is 5.32. The van der Waals surface area contributed by atoms with E-state index in [0.29, 0.717) is 18.7 Å². The van der Waals surface area contributed by atoms with Crippen LogP contribution in [-0.2, 0) is 6.54 Å². The smallest absolute Gasteiger partial charge is 0.261 e. The van der Waals surface area contributed by atoms with Crippen LogP contribution in [0.3, 0.4) is 0 Å². The highest BCUT2D eigenvalue weighted by atomic mass is 32.1. The van der Waals surface area contributed by atoms with E-state index in [1.54, 1.807) is 18.5 Å². The average Bonchev–Trinajstić information content (AvgIpc) is 3.44. The number of fused-ring (bicyclic) bond motifs is 2. The molecule has 5 rings (SSSR count). The number of aromatic nitrogens is 1. The summed E-state index contributed by atoms with van der Waals surface area (Å²) in [5.74, 6) is -0.0288. The maximum atomic E-state index is 13.3. The van der Waals surface area contributed by atoms with Crippen LogP contribution in [0.5, 0.6) is 0 Å². The fourth-order valence-electron chi connectivity index (χ4n) is 4.64. The van der Waals surface area contributed by atoms with E-state index in [2.05, 4.69) is 21.3 Å². The maximum Gasteiger partial charge on any atom is 0.261 e. The molecule has 3 aromatic rings. The molecule has 1 N–H and O–H groups in total. The van der Waals surface area contributed by atoms with Gasteiger partial charge in [0.15, 0.2) is 0 Å². The molecule has 2 aliphatic rings. The molecular weight excluding hydrogens is 408 g/mol. The van der Waals surface area contributed by atoms with Crippen LogP contribution in [0.25, 0.3) is 0 Å². The average molecular weight is 433 g/mol. The molecule has 4 heterocycles. The van der Waals surface area contributed by atoms with Crippen LogP contribution in [0, 0.1) is 0 Å². The van der Waals surface area contributed by atoms with Gasteiger partial charge in [-0.1, -0.05) is 24.3 Å². The van der Waals surface area contributed by atoms with E-state index in [1.165, 1.54) is 11.3 Å². The molecule has 0 spiro atoms. The minimum absolute atomic E-state index is 0.0120. The second-order valence-electron chi connectivity index (χ2n) is 8.03. The summed E-state index contributed by atoms with van der Waals surface area (Å²) < 4.78 is 0. The zero-order valence-electron chi connectivity index (χ0n) is 17.1. The van der Waals surface area contributed by atoms with Crippen molar-refractivity contribution in [3.8, 4) is 0 Å². The Balaban J connectivity index is 1.37. The Morgan fingerprint density at radius 3 is 2.81 bits per heavy atom. The normalized spacial score (nSPS) is 20.6. The summed E-state index contributed by atoms with van der Waals surface area (Å²) in [7, 11) is 0. The molecule has 7 heteroatoms.